The van der Waals surface area contributed by atoms with Gasteiger partial charge in [0.05, 0.1) is 18.9 Å². The molecule has 0 unspecified atom stereocenters. The van der Waals surface area contributed by atoms with Gasteiger partial charge in [0, 0.05) is 18.8 Å². The second-order valence-electron chi connectivity index (χ2n) is 3.24. The molecule has 0 amide bonds. The molecule has 1 saturated heterocycles. The first-order valence-corrected chi connectivity index (χ1v) is 4.69. The van der Waals surface area contributed by atoms with E-state index in [0.717, 1.165) is 32.0 Å². The van der Waals surface area contributed by atoms with E-state index in [2.05, 4.69) is 4.90 Å². The van der Waals surface area contributed by atoms with E-state index in [1.165, 1.54) is 0 Å². The lowest BCUT2D eigenvalue weighted by Gasteiger charge is -2.28. The monoisotopic (exact) mass is 232 g/mol. The van der Waals surface area contributed by atoms with E-state index < -0.39 is 0 Å². The van der Waals surface area contributed by atoms with Crippen molar-refractivity contribution in [2.45, 2.75) is 0 Å². The van der Waals surface area contributed by atoms with Gasteiger partial charge in [-0.3, -0.25) is 0 Å². The summed E-state index contributed by atoms with van der Waals surface area (Å²) in [6.07, 6.45) is 0. The molecule has 3 nitrogen and oxygen atoms in total. The largest absolute Gasteiger partial charge is 0.378 e. The van der Waals surface area contributed by atoms with Crippen molar-refractivity contribution in [3.8, 4) is 0 Å². The zero-order valence-electron chi connectivity index (χ0n) is 8.28. The van der Waals surface area contributed by atoms with Crippen LogP contribution >= 0.6 is 12.4 Å². The van der Waals surface area contributed by atoms with Gasteiger partial charge in [0.2, 0.25) is 0 Å². The van der Waals surface area contributed by atoms with E-state index in [-0.39, 0.29) is 12.4 Å². The van der Waals surface area contributed by atoms with Gasteiger partial charge < -0.3 is 9.64 Å². The second-order valence-corrected chi connectivity index (χ2v) is 3.24. The van der Waals surface area contributed by atoms with Crippen LogP contribution in [0.4, 0.5) is 15.9 Å². The topological polar surface area (TPSA) is 24.5 Å². The van der Waals surface area contributed by atoms with Crippen LogP contribution in [0, 0.1) is 0 Å². The first-order valence-electron chi connectivity index (χ1n) is 4.69. The Morgan fingerprint density at radius 2 is 1.73 bits per heavy atom. The molecule has 1 N–H and O–H groups in total. The lowest BCUT2D eigenvalue weighted by atomic mass is 10.2. The Morgan fingerprint density at radius 3 is 2.27 bits per heavy atom. The summed E-state index contributed by atoms with van der Waals surface area (Å²) in [5, 5.41) is 0. The molecule has 1 aliphatic rings. The molecule has 0 saturated carbocycles. The zero-order valence-corrected chi connectivity index (χ0v) is 9.10. The fourth-order valence-corrected chi connectivity index (χ4v) is 1.56. The number of ether oxygens (including phenoxy) is 1. The van der Waals surface area contributed by atoms with Gasteiger partial charge in [0.15, 0.2) is 0 Å². The Balaban J connectivity index is 0.00000112. The van der Waals surface area contributed by atoms with E-state index in [1.807, 2.05) is 12.1 Å². The molecule has 1 aliphatic heterocycles. The molecule has 1 fully saturated rings. The fourth-order valence-electron chi connectivity index (χ4n) is 1.56. The predicted octanol–water partition coefficient (Wildman–Crippen LogP) is 2.24. The molecule has 1 aromatic carbocycles. The number of nitrogens with zero attached hydrogens (tertiary/aromatic N) is 1. The summed E-state index contributed by atoms with van der Waals surface area (Å²) in [4.78, 5) is 2.23. The highest BCUT2D eigenvalue weighted by molar-refractivity contribution is 5.85. The van der Waals surface area contributed by atoms with Gasteiger partial charge in [0.1, 0.15) is 0 Å². The van der Waals surface area contributed by atoms with E-state index in [0.29, 0.717) is 5.69 Å². The van der Waals surface area contributed by atoms with Gasteiger partial charge in [0.25, 0.3) is 0 Å². The first-order chi connectivity index (χ1) is 6.90. The third-order valence-electron chi connectivity index (χ3n) is 2.35. The summed E-state index contributed by atoms with van der Waals surface area (Å²) in [6, 6.07) is 7.27. The smallest absolute Gasteiger partial charge is 0.0657 e. The number of nitrogens with one attached hydrogen (secondary N) is 1. The van der Waals surface area contributed by atoms with Crippen molar-refractivity contribution in [3.63, 3.8) is 0 Å². The molecular formula is C10H14ClFN2O. The van der Waals surface area contributed by atoms with Crippen molar-refractivity contribution in [2.24, 2.45) is 0 Å². The number of hydrogen-bond donors (Lipinski definition) is 1. The minimum Gasteiger partial charge on any atom is -0.378 e. The van der Waals surface area contributed by atoms with Crippen LogP contribution in [-0.2, 0) is 4.74 Å². The van der Waals surface area contributed by atoms with Gasteiger partial charge in [-0.05, 0) is 24.3 Å². The van der Waals surface area contributed by atoms with E-state index >= 15 is 0 Å². The van der Waals surface area contributed by atoms with Gasteiger partial charge >= 0.3 is 0 Å². The van der Waals surface area contributed by atoms with Crippen molar-refractivity contribution in [3.05, 3.63) is 24.3 Å². The van der Waals surface area contributed by atoms with Crippen LogP contribution in [-0.4, -0.2) is 26.3 Å². The molecule has 2 rings (SSSR count). The van der Waals surface area contributed by atoms with Crippen LogP contribution in [0.1, 0.15) is 0 Å². The highest BCUT2D eigenvalue weighted by atomic mass is 35.5. The number of hydrogen-bond acceptors (Lipinski definition) is 3. The molecule has 15 heavy (non-hydrogen) atoms. The highest BCUT2D eigenvalue weighted by Gasteiger charge is 2.10. The lowest BCUT2D eigenvalue weighted by molar-refractivity contribution is 0.122. The third kappa shape index (κ3) is 2.97. The third-order valence-corrected chi connectivity index (χ3v) is 2.35. The summed E-state index contributed by atoms with van der Waals surface area (Å²) in [5.74, 6) is 0. The van der Waals surface area contributed by atoms with Crippen LogP contribution in [0.5, 0.6) is 0 Å². The van der Waals surface area contributed by atoms with Crippen LogP contribution in [0.2, 0.25) is 0 Å². The van der Waals surface area contributed by atoms with Crippen molar-refractivity contribution < 1.29 is 9.22 Å². The Labute approximate surface area is 94.6 Å². The second kappa shape index (κ2) is 5.78. The van der Waals surface area contributed by atoms with Crippen LogP contribution < -0.4 is 10.4 Å². The van der Waals surface area contributed by atoms with Crippen LogP contribution in [0.25, 0.3) is 0 Å². The van der Waals surface area contributed by atoms with Gasteiger partial charge in [-0.25, -0.2) is 5.54 Å². The number of rotatable bonds is 2. The Morgan fingerprint density at radius 1 is 1.13 bits per heavy atom. The van der Waals surface area contributed by atoms with Crippen molar-refractivity contribution in [1.29, 1.82) is 0 Å². The van der Waals surface area contributed by atoms with Crippen molar-refractivity contribution in [2.75, 3.05) is 36.7 Å². The number of anilines is 2. The SMILES string of the molecule is Cl.FNc1ccc(N2CCOCC2)cc1. The molecular weight excluding hydrogens is 219 g/mol. The van der Waals surface area contributed by atoms with Gasteiger partial charge in [-0.1, -0.05) is 0 Å². The summed E-state index contributed by atoms with van der Waals surface area (Å²) < 4.78 is 17.3. The Kier molecular flexibility index (Phi) is 4.65. The van der Waals surface area contributed by atoms with Crippen molar-refractivity contribution in [1.82, 2.24) is 0 Å². The quantitative estimate of drug-likeness (QED) is 0.792. The molecule has 0 bridgehead atoms. The summed E-state index contributed by atoms with van der Waals surface area (Å²) in [5.41, 5.74) is 3.22. The lowest BCUT2D eigenvalue weighted by Crippen LogP contribution is -2.36. The number of halogens is 2. The maximum absolute atomic E-state index is 12.0. The van der Waals surface area contributed by atoms with Gasteiger partial charge in [-0.15, -0.1) is 16.9 Å². The minimum absolute atomic E-state index is 0. The summed E-state index contributed by atoms with van der Waals surface area (Å²) in [6.45, 7) is 3.34. The molecule has 0 spiro atoms. The highest BCUT2D eigenvalue weighted by Crippen LogP contribution is 2.18. The average Bonchev–Trinajstić information content (AvgIpc) is 2.30. The molecule has 84 valence electrons. The maximum Gasteiger partial charge on any atom is 0.0657 e. The number of morpholine rings is 1. The Hall–Kier alpha value is -1.00. The molecule has 5 heteroatoms. The minimum atomic E-state index is 0. The summed E-state index contributed by atoms with van der Waals surface area (Å²) in [7, 11) is 0. The van der Waals surface area contributed by atoms with Crippen LogP contribution in [0.15, 0.2) is 24.3 Å². The Bertz CT molecular complexity index is 288. The van der Waals surface area contributed by atoms with E-state index in [9.17, 15) is 4.48 Å². The predicted molar refractivity (Wildman–Crippen MR) is 61.5 cm³/mol. The fraction of sp³-hybridized carbons (Fsp3) is 0.400. The maximum atomic E-state index is 12.0. The molecule has 0 aromatic heterocycles. The van der Waals surface area contributed by atoms with Crippen LogP contribution in [0.3, 0.4) is 0 Å². The molecule has 1 aromatic rings. The summed E-state index contributed by atoms with van der Waals surface area (Å²) >= 11 is 0. The molecule has 0 radical (unpaired) electrons. The number of benzene rings is 1. The molecule has 1 heterocycles. The average molecular weight is 233 g/mol. The first kappa shape index (κ1) is 12.1. The normalized spacial score (nSPS) is 15.7. The zero-order chi connectivity index (χ0) is 9.80. The standard InChI is InChI=1S/C10H13FN2O.ClH/c11-12-9-1-3-10(4-2-9)13-5-7-14-8-6-13;/h1-4,12H,5-8H2;1H. The van der Waals surface area contributed by atoms with E-state index in [4.69, 9.17) is 4.74 Å². The van der Waals surface area contributed by atoms with E-state index in [1.54, 1.807) is 17.7 Å². The van der Waals surface area contributed by atoms with Crippen molar-refractivity contribution >= 4 is 23.8 Å². The van der Waals surface area contributed by atoms with Gasteiger partial charge in [-0.2, -0.15) is 0 Å². The molecule has 0 aliphatic carbocycles. The molecule has 0 atom stereocenters.